The Balaban J connectivity index is 1.36. The van der Waals surface area contributed by atoms with Gasteiger partial charge >= 0.3 is 5.97 Å². The molecule has 4 aromatic rings. The van der Waals surface area contributed by atoms with Crippen molar-refractivity contribution >= 4 is 29.3 Å². The summed E-state index contributed by atoms with van der Waals surface area (Å²) in [5.74, 6) is 2.64. The number of fused-ring (bicyclic) bond motifs is 1. The monoisotopic (exact) mass is 546 g/mol. The molecule has 0 spiro atoms. The van der Waals surface area contributed by atoms with Crippen LogP contribution in [0.1, 0.15) is 27.9 Å². The predicted molar refractivity (Wildman–Crippen MR) is 163 cm³/mol. The molecule has 1 saturated heterocycles. The fourth-order valence-corrected chi connectivity index (χ4v) is 5.20. The molecule has 1 aliphatic rings. The number of hydrogen-bond acceptors (Lipinski definition) is 7. The number of carbonyl (C=O) groups is 1. The summed E-state index contributed by atoms with van der Waals surface area (Å²) in [6.07, 6.45) is 4.53. The highest BCUT2D eigenvalue weighted by Gasteiger charge is 2.22. The second-order valence-corrected chi connectivity index (χ2v) is 10.6. The first-order chi connectivity index (χ1) is 20.1. The van der Waals surface area contributed by atoms with E-state index >= 15 is 0 Å². The van der Waals surface area contributed by atoms with E-state index < -0.39 is 5.97 Å². The first-order valence-electron chi connectivity index (χ1n) is 14.2. The van der Waals surface area contributed by atoms with Crippen molar-refractivity contribution in [2.75, 3.05) is 38.1 Å². The molecule has 0 saturated carbocycles. The first-order valence-corrected chi connectivity index (χ1v) is 14.2. The third-order valence-corrected chi connectivity index (χ3v) is 7.64. The Morgan fingerprint density at radius 2 is 1.68 bits per heavy atom. The van der Waals surface area contributed by atoms with Crippen LogP contribution in [0.15, 0.2) is 85.1 Å². The number of benzene rings is 3. The third kappa shape index (κ3) is 7.44. The SMILES string of the molecule is CN(CCCN1CCB(C#N)CC1)c1cc(OCc2ccccc2)c2nccc(C(=O)OCc3ccccc3)c2c1. The van der Waals surface area contributed by atoms with E-state index in [4.69, 9.17) is 14.7 Å². The zero-order valence-electron chi connectivity index (χ0n) is 23.5. The molecule has 1 aliphatic heterocycles. The van der Waals surface area contributed by atoms with Crippen molar-refractivity contribution in [1.29, 1.82) is 5.26 Å². The molecule has 208 valence electrons. The summed E-state index contributed by atoms with van der Waals surface area (Å²) < 4.78 is 12.0. The van der Waals surface area contributed by atoms with Gasteiger partial charge in [-0.2, -0.15) is 0 Å². The molecular formula is C33H35BN4O3. The summed E-state index contributed by atoms with van der Waals surface area (Å²) in [7, 11) is 2.06. The van der Waals surface area contributed by atoms with Crippen molar-refractivity contribution in [3.05, 3.63) is 102 Å². The highest BCUT2D eigenvalue weighted by atomic mass is 16.5. The number of carbonyl (C=O) groups excluding carboxylic acids is 1. The van der Waals surface area contributed by atoms with E-state index in [1.807, 2.05) is 72.8 Å². The molecule has 1 aromatic heterocycles. The predicted octanol–water partition coefficient (Wildman–Crippen LogP) is 5.87. The molecule has 5 rings (SSSR count). The van der Waals surface area contributed by atoms with Gasteiger partial charge in [-0.1, -0.05) is 60.7 Å². The summed E-state index contributed by atoms with van der Waals surface area (Å²) in [5.41, 5.74) is 4.04. The van der Waals surface area contributed by atoms with E-state index in [9.17, 15) is 4.79 Å². The third-order valence-electron chi connectivity index (χ3n) is 7.64. The molecule has 0 bridgehead atoms. The Bertz CT molecular complexity index is 1490. The van der Waals surface area contributed by atoms with Gasteiger partial charge in [0.05, 0.1) is 5.56 Å². The Hall–Kier alpha value is -4.35. The summed E-state index contributed by atoms with van der Waals surface area (Å²) in [5, 5.41) is 9.88. The van der Waals surface area contributed by atoms with E-state index in [0.29, 0.717) is 28.8 Å². The Morgan fingerprint density at radius 3 is 2.37 bits per heavy atom. The van der Waals surface area contributed by atoms with Gasteiger partial charge < -0.3 is 19.3 Å². The number of rotatable bonds is 11. The highest BCUT2D eigenvalue weighted by Crippen LogP contribution is 2.33. The molecule has 0 N–H and O–H groups in total. The lowest BCUT2D eigenvalue weighted by Crippen LogP contribution is -2.38. The molecule has 3 aromatic carbocycles. The van der Waals surface area contributed by atoms with Gasteiger partial charge in [0.1, 0.15) is 24.5 Å². The van der Waals surface area contributed by atoms with Gasteiger partial charge in [0, 0.05) is 42.9 Å². The Labute approximate surface area is 242 Å². The lowest BCUT2D eigenvalue weighted by molar-refractivity contribution is 0.0475. The number of nitrogens with zero attached hydrogens (tertiary/aromatic N) is 4. The minimum atomic E-state index is -0.393. The second kappa shape index (κ2) is 13.8. The van der Waals surface area contributed by atoms with E-state index in [0.717, 1.165) is 62.1 Å². The number of esters is 1. The molecular weight excluding hydrogens is 511 g/mol. The van der Waals surface area contributed by atoms with Crippen molar-refractivity contribution in [3.8, 4) is 11.7 Å². The number of hydrogen-bond donors (Lipinski definition) is 0. The molecule has 0 atom stereocenters. The van der Waals surface area contributed by atoms with Crippen molar-refractivity contribution in [2.24, 2.45) is 0 Å². The molecule has 1 fully saturated rings. The van der Waals surface area contributed by atoms with Gasteiger partial charge in [0.25, 0.3) is 6.71 Å². The fourth-order valence-electron chi connectivity index (χ4n) is 5.20. The molecule has 0 unspecified atom stereocenters. The van der Waals surface area contributed by atoms with Crippen LogP contribution in [0.2, 0.25) is 12.6 Å². The highest BCUT2D eigenvalue weighted by molar-refractivity contribution is 6.67. The average molecular weight is 546 g/mol. The maximum atomic E-state index is 13.3. The van der Waals surface area contributed by atoms with Crippen LogP contribution < -0.4 is 9.64 Å². The van der Waals surface area contributed by atoms with Gasteiger partial charge in [-0.25, -0.2) is 10.1 Å². The van der Waals surface area contributed by atoms with Crippen LogP contribution in [0.3, 0.4) is 0 Å². The summed E-state index contributed by atoms with van der Waals surface area (Å²) in [6.45, 7) is 4.59. The van der Waals surface area contributed by atoms with E-state index in [2.05, 4.69) is 27.8 Å². The van der Waals surface area contributed by atoms with Crippen LogP contribution in [0.4, 0.5) is 5.69 Å². The fraction of sp³-hybridized carbons (Fsp3) is 0.303. The first kappa shape index (κ1) is 28.2. The smallest absolute Gasteiger partial charge is 0.339 e. The normalized spacial score (nSPS) is 13.5. The zero-order valence-corrected chi connectivity index (χ0v) is 23.5. The van der Waals surface area contributed by atoms with Gasteiger partial charge in [-0.3, -0.25) is 4.98 Å². The van der Waals surface area contributed by atoms with Crippen LogP contribution >= 0.6 is 0 Å². The van der Waals surface area contributed by atoms with Crippen LogP contribution in [0, 0.1) is 11.2 Å². The quantitative estimate of drug-likeness (QED) is 0.172. The van der Waals surface area contributed by atoms with Gasteiger partial charge in [-0.05, 0) is 62.0 Å². The number of aromatic nitrogens is 1. The van der Waals surface area contributed by atoms with Crippen molar-refractivity contribution < 1.29 is 14.3 Å². The van der Waals surface area contributed by atoms with Gasteiger partial charge in [-0.15, -0.1) is 0 Å². The van der Waals surface area contributed by atoms with E-state index in [-0.39, 0.29) is 13.3 Å². The maximum absolute atomic E-state index is 13.3. The number of ether oxygens (including phenoxy) is 2. The van der Waals surface area contributed by atoms with Crippen molar-refractivity contribution in [3.63, 3.8) is 0 Å². The minimum Gasteiger partial charge on any atom is -0.487 e. The average Bonchev–Trinajstić information content (AvgIpc) is 3.03. The van der Waals surface area contributed by atoms with E-state index in [1.54, 1.807) is 12.3 Å². The minimum absolute atomic E-state index is 0.197. The summed E-state index contributed by atoms with van der Waals surface area (Å²) in [6, 6.07) is 25.4. The van der Waals surface area contributed by atoms with Crippen LogP contribution in [-0.2, 0) is 18.0 Å². The zero-order chi connectivity index (χ0) is 28.4. The summed E-state index contributed by atoms with van der Waals surface area (Å²) >= 11 is 0. The lowest BCUT2D eigenvalue weighted by Gasteiger charge is -2.29. The topological polar surface area (TPSA) is 78.7 Å². The van der Waals surface area contributed by atoms with Gasteiger partial charge in [0.15, 0.2) is 0 Å². The van der Waals surface area contributed by atoms with Crippen LogP contribution in [0.25, 0.3) is 10.9 Å². The standard InChI is InChI=1S/C33H35BN4O3/c1-37(17-8-18-38-19-14-34(25-35)15-20-38)28-21-30-29(33(39)41-24-27-11-6-3-7-12-27)13-16-36-32(30)31(22-28)40-23-26-9-4-2-5-10-26/h2-7,9-13,16,21-22H,8,14-15,17-20,23-24H2,1H3. The van der Waals surface area contributed by atoms with Crippen molar-refractivity contribution in [1.82, 2.24) is 9.88 Å². The van der Waals surface area contributed by atoms with E-state index in [1.165, 1.54) is 0 Å². The van der Waals surface area contributed by atoms with Crippen LogP contribution in [-0.4, -0.2) is 55.8 Å². The molecule has 8 heteroatoms. The molecule has 0 radical (unpaired) electrons. The van der Waals surface area contributed by atoms with Crippen molar-refractivity contribution in [2.45, 2.75) is 32.3 Å². The second-order valence-electron chi connectivity index (χ2n) is 10.6. The Kier molecular flexibility index (Phi) is 9.51. The largest absolute Gasteiger partial charge is 0.487 e. The lowest BCUT2D eigenvalue weighted by atomic mass is 9.45. The molecule has 2 heterocycles. The number of nitriles is 1. The number of anilines is 1. The molecule has 7 nitrogen and oxygen atoms in total. The number of pyridine rings is 1. The molecule has 0 aliphatic carbocycles. The molecule has 0 amide bonds. The molecule has 41 heavy (non-hydrogen) atoms. The maximum Gasteiger partial charge on any atom is 0.339 e. The Morgan fingerprint density at radius 1 is 1.00 bits per heavy atom. The summed E-state index contributed by atoms with van der Waals surface area (Å²) in [4.78, 5) is 22.5. The van der Waals surface area contributed by atoms with Gasteiger partial charge in [0.2, 0.25) is 0 Å². The van der Waals surface area contributed by atoms with Crippen LogP contribution in [0.5, 0.6) is 5.75 Å².